The van der Waals surface area contributed by atoms with E-state index in [1.807, 2.05) is 0 Å². The van der Waals surface area contributed by atoms with Crippen LogP contribution in [0, 0.1) is 10.1 Å². The highest BCUT2D eigenvalue weighted by atomic mass is 35.5. The number of ether oxygens (including phenoxy) is 1. The minimum atomic E-state index is -0.545. The highest BCUT2D eigenvalue weighted by Crippen LogP contribution is 2.33. The Morgan fingerprint density at radius 2 is 1.95 bits per heavy atom. The van der Waals surface area contributed by atoms with Crippen molar-refractivity contribution in [1.82, 2.24) is 0 Å². The van der Waals surface area contributed by atoms with Crippen molar-refractivity contribution in [2.24, 2.45) is 10.9 Å². The molecule has 0 heterocycles. The van der Waals surface area contributed by atoms with Crippen LogP contribution >= 0.6 is 11.6 Å². The summed E-state index contributed by atoms with van der Waals surface area (Å²) >= 11 is 5.73. The maximum absolute atomic E-state index is 10.9. The lowest BCUT2D eigenvalue weighted by molar-refractivity contribution is -0.385. The third kappa shape index (κ3) is 3.24. The van der Waals surface area contributed by atoms with Crippen molar-refractivity contribution in [3.63, 3.8) is 0 Å². The highest BCUT2D eigenvalue weighted by molar-refractivity contribution is 6.30. The van der Waals surface area contributed by atoms with Gasteiger partial charge in [0.1, 0.15) is 5.75 Å². The lowest BCUT2D eigenvalue weighted by Crippen LogP contribution is -1.93. The van der Waals surface area contributed by atoms with Crippen molar-refractivity contribution in [1.29, 1.82) is 0 Å². The summed E-state index contributed by atoms with van der Waals surface area (Å²) in [5, 5.41) is 14.6. The zero-order valence-electron chi connectivity index (χ0n) is 10.2. The third-order valence-corrected chi connectivity index (χ3v) is 2.68. The largest absolute Gasteiger partial charge is 0.450 e. The van der Waals surface area contributed by atoms with E-state index in [2.05, 4.69) is 5.10 Å². The molecular weight excluding hydrogens is 282 g/mol. The fourth-order valence-electron chi connectivity index (χ4n) is 1.55. The van der Waals surface area contributed by atoms with E-state index in [1.54, 1.807) is 24.3 Å². The second kappa shape index (κ2) is 6.03. The van der Waals surface area contributed by atoms with Crippen LogP contribution in [-0.2, 0) is 0 Å². The molecule has 0 saturated heterocycles. The van der Waals surface area contributed by atoms with Gasteiger partial charge in [-0.15, -0.1) is 0 Å². The van der Waals surface area contributed by atoms with Crippen molar-refractivity contribution in [2.75, 3.05) is 0 Å². The molecule has 0 saturated carbocycles. The number of hydrogen-bond acceptors (Lipinski definition) is 5. The summed E-state index contributed by atoms with van der Waals surface area (Å²) in [6.07, 6.45) is 1.48. The first-order valence-corrected chi connectivity index (χ1v) is 5.93. The molecule has 0 bridgehead atoms. The van der Waals surface area contributed by atoms with Gasteiger partial charge in [-0.1, -0.05) is 11.6 Å². The van der Waals surface area contributed by atoms with E-state index >= 15 is 0 Å². The SMILES string of the molecule is N/N=C\c1ccc(Oc2ccc(Cl)cc2[N+](=O)[O-])cc1. The third-order valence-electron chi connectivity index (χ3n) is 2.45. The van der Waals surface area contributed by atoms with Crippen molar-refractivity contribution < 1.29 is 9.66 Å². The van der Waals surface area contributed by atoms with Gasteiger partial charge in [-0.05, 0) is 42.0 Å². The molecule has 0 spiro atoms. The van der Waals surface area contributed by atoms with E-state index in [-0.39, 0.29) is 16.5 Å². The molecule has 0 fully saturated rings. The number of benzene rings is 2. The van der Waals surface area contributed by atoms with Crippen LogP contribution in [0.2, 0.25) is 5.02 Å². The summed E-state index contributed by atoms with van der Waals surface area (Å²) in [6, 6.07) is 11.0. The van der Waals surface area contributed by atoms with E-state index in [4.69, 9.17) is 22.2 Å². The standard InChI is InChI=1S/C13H10ClN3O3/c14-10-3-6-13(12(7-10)17(18)19)20-11-4-1-9(2-5-11)8-16-15/h1-8H,15H2/b16-8-. The summed E-state index contributed by atoms with van der Waals surface area (Å²) < 4.78 is 5.48. The van der Waals surface area contributed by atoms with Gasteiger partial charge in [0.05, 0.1) is 11.1 Å². The minimum Gasteiger partial charge on any atom is -0.450 e. The Hall–Kier alpha value is -2.60. The Bertz CT molecular complexity index is 656. The van der Waals surface area contributed by atoms with Crippen LogP contribution in [0.15, 0.2) is 47.6 Å². The minimum absolute atomic E-state index is 0.125. The Balaban J connectivity index is 2.27. The fraction of sp³-hybridized carbons (Fsp3) is 0. The van der Waals surface area contributed by atoms with Gasteiger partial charge in [-0.25, -0.2) is 0 Å². The van der Waals surface area contributed by atoms with Crippen molar-refractivity contribution in [3.05, 3.63) is 63.2 Å². The molecule has 102 valence electrons. The van der Waals surface area contributed by atoms with Gasteiger partial charge in [0.15, 0.2) is 0 Å². The molecule has 0 aromatic heterocycles. The Morgan fingerprint density at radius 1 is 1.25 bits per heavy atom. The number of rotatable bonds is 4. The van der Waals surface area contributed by atoms with Gasteiger partial charge in [0.2, 0.25) is 5.75 Å². The molecule has 2 aromatic rings. The van der Waals surface area contributed by atoms with Crippen LogP contribution < -0.4 is 10.6 Å². The summed E-state index contributed by atoms with van der Waals surface area (Å²) in [7, 11) is 0. The molecule has 0 aliphatic carbocycles. The molecule has 0 radical (unpaired) electrons. The lowest BCUT2D eigenvalue weighted by Gasteiger charge is -2.06. The fourth-order valence-corrected chi connectivity index (χ4v) is 1.72. The van der Waals surface area contributed by atoms with E-state index in [0.717, 1.165) is 5.56 Å². The molecule has 0 aliphatic rings. The summed E-state index contributed by atoms with van der Waals surface area (Å²) in [5.74, 6) is 5.63. The second-order valence-electron chi connectivity index (χ2n) is 3.82. The first kappa shape index (κ1) is 13.8. The molecule has 6 nitrogen and oxygen atoms in total. The number of hydrogen-bond donors (Lipinski definition) is 1. The van der Waals surface area contributed by atoms with Crippen molar-refractivity contribution >= 4 is 23.5 Å². The average molecular weight is 292 g/mol. The Kier molecular flexibility index (Phi) is 4.17. The molecule has 0 atom stereocenters. The van der Waals surface area contributed by atoms with Crippen LogP contribution in [0.5, 0.6) is 11.5 Å². The first-order chi connectivity index (χ1) is 9.60. The Morgan fingerprint density at radius 3 is 2.55 bits per heavy atom. The number of nitrogens with two attached hydrogens (primary N) is 1. The molecule has 20 heavy (non-hydrogen) atoms. The van der Waals surface area contributed by atoms with E-state index < -0.39 is 4.92 Å². The van der Waals surface area contributed by atoms with Crippen LogP contribution in [0.1, 0.15) is 5.56 Å². The lowest BCUT2D eigenvalue weighted by atomic mass is 10.2. The van der Waals surface area contributed by atoms with Gasteiger partial charge >= 0.3 is 5.69 Å². The predicted octanol–water partition coefficient (Wildman–Crippen LogP) is 3.33. The molecule has 2 rings (SSSR count). The molecule has 2 aromatic carbocycles. The number of nitrogens with zero attached hydrogens (tertiary/aromatic N) is 2. The van der Waals surface area contributed by atoms with Gasteiger partial charge < -0.3 is 10.6 Å². The number of hydrazone groups is 1. The average Bonchev–Trinajstić information content (AvgIpc) is 2.43. The highest BCUT2D eigenvalue weighted by Gasteiger charge is 2.16. The quantitative estimate of drug-likeness (QED) is 0.405. The maximum atomic E-state index is 10.9. The van der Waals surface area contributed by atoms with Gasteiger partial charge in [-0.2, -0.15) is 5.10 Å². The second-order valence-corrected chi connectivity index (χ2v) is 4.25. The maximum Gasteiger partial charge on any atom is 0.313 e. The normalized spacial score (nSPS) is 10.7. The summed E-state index contributed by atoms with van der Waals surface area (Å²) in [6.45, 7) is 0. The van der Waals surface area contributed by atoms with E-state index in [9.17, 15) is 10.1 Å². The molecule has 2 N–H and O–H groups in total. The van der Waals surface area contributed by atoms with Crippen LogP contribution in [0.4, 0.5) is 5.69 Å². The zero-order chi connectivity index (χ0) is 14.5. The van der Waals surface area contributed by atoms with Crippen molar-refractivity contribution in [2.45, 2.75) is 0 Å². The zero-order valence-corrected chi connectivity index (χ0v) is 10.9. The molecular formula is C13H10ClN3O3. The van der Waals surface area contributed by atoms with Gasteiger partial charge in [0, 0.05) is 11.1 Å². The topological polar surface area (TPSA) is 90.8 Å². The first-order valence-electron chi connectivity index (χ1n) is 5.55. The molecule has 0 amide bonds. The van der Waals surface area contributed by atoms with Crippen LogP contribution in [0.3, 0.4) is 0 Å². The number of halogens is 1. The molecule has 0 aliphatic heterocycles. The molecule has 7 heteroatoms. The van der Waals surface area contributed by atoms with Crippen LogP contribution in [0.25, 0.3) is 0 Å². The van der Waals surface area contributed by atoms with Crippen LogP contribution in [-0.4, -0.2) is 11.1 Å². The monoisotopic (exact) mass is 291 g/mol. The predicted molar refractivity (Wildman–Crippen MR) is 76.4 cm³/mol. The summed E-state index contributed by atoms with van der Waals surface area (Å²) in [5.41, 5.74) is 0.607. The van der Waals surface area contributed by atoms with E-state index in [1.165, 1.54) is 24.4 Å². The van der Waals surface area contributed by atoms with E-state index in [0.29, 0.717) is 5.75 Å². The molecule has 0 unspecified atom stereocenters. The van der Waals surface area contributed by atoms with Crippen molar-refractivity contribution in [3.8, 4) is 11.5 Å². The van der Waals surface area contributed by atoms with Gasteiger partial charge in [-0.3, -0.25) is 10.1 Å². The number of nitro groups is 1. The summed E-state index contributed by atoms with van der Waals surface area (Å²) in [4.78, 5) is 10.4. The van der Waals surface area contributed by atoms with Gasteiger partial charge in [0.25, 0.3) is 0 Å². The smallest absolute Gasteiger partial charge is 0.313 e. The Labute approximate surface area is 119 Å². The number of nitro benzene ring substituents is 1.